The SMILES string of the molecule is CCSC1(CNC(=NC)NCCCOC(C)c2ccccc2)CCOCC1.I. The molecule has 1 heterocycles. The number of hydrogen-bond acceptors (Lipinski definition) is 4. The summed E-state index contributed by atoms with van der Waals surface area (Å²) in [7, 11) is 1.83. The minimum atomic E-state index is 0. The predicted octanol–water partition coefficient (Wildman–Crippen LogP) is 4.24. The smallest absolute Gasteiger partial charge is 0.191 e. The van der Waals surface area contributed by atoms with Gasteiger partial charge in [-0.25, -0.2) is 0 Å². The quantitative estimate of drug-likeness (QED) is 0.209. The van der Waals surface area contributed by atoms with Gasteiger partial charge in [-0.05, 0) is 37.5 Å². The monoisotopic (exact) mass is 521 g/mol. The van der Waals surface area contributed by atoms with Crippen LogP contribution in [0, 0.1) is 0 Å². The second kappa shape index (κ2) is 14.5. The second-order valence-electron chi connectivity index (χ2n) is 6.86. The summed E-state index contributed by atoms with van der Waals surface area (Å²) in [4.78, 5) is 4.36. The van der Waals surface area contributed by atoms with E-state index in [1.165, 1.54) is 5.56 Å². The minimum absolute atomic E-state index is 0. The Kier molecular flexibility index (Phi) is 13.2. The molecule has 1 atom stereocenters. The van der Waals surface area contributed by atoms with E-state index < -0.39 is 0 Å². The Morgan fingerprint density at radius 1 is 1.25 bits per heavy atom. The lowest BCUT2D eigenvalue weighted by Gasteiger charge is -2.37. The summed E-state index contributed by atoms with van der Waals surface area (Å²) >= 11 is 2.04. The number of hydrogen-bond donors (Lipinski definition) is 2. The van der Waals surface area contributed by atoms with Gasteiger partial charge < -0.3 is 20.1 Å². The molecule has 0 saturated carbocycles. The van der Waals surface area contributed by atoms with Gasteiger partial charge in [0.15, 0.2) is 5.96 Å². The maximum atomic E-state index is 5.93. The Balaban J connectivity index is 0.00000392. The number of benzene rings is 1. The summed E-state index contributed by atoms with van der Waals surface area (Å²) in [6.45, 7) is 8.55. The third-order valence-electron chi connectivity index (χ3n) is 4.91. The normalized spacial score (nSPS) is 17.5. The first-order valence-corrected chi connectivity index (χ1v) is 11.0. The van der Waals surface area contributed by atoms with Crippen LogP contribution in [-0.4, -0.2) is 56.4 Å². The van der Waals surface area contributed by atoms with Gasteiger partial charge in [0.2, 0.25) is 0 Å². The molecule has 2 rings (SSSR count). The van der Waals surface area contributed by atoms with Gasteiger partial charge >= 0.3 is 0 Å². The molecule has 2 N–H and O–H groups in total. The first-order chi connectivity index (χ1) is 13.2. The molecule has 0 amide bonds. The highest BCUT2D eigenvalue weighted by Crippen LogP contribution is 2.34. The maximum absolute atomic E-state index is 5.93. The number of guanidine groups is 1. The van der Waals surface area contributed by atoms with Crippen molar-refractivity contribution in [3.05, 3.63) is 35.9 Å². The summed E-state index contributed by atoms with van der Waals surface area (Å²) in [5.41, 5.74) is 1.22. The van der Waals surface area contributed by atoms with Crippen molar-refractivity contribution in [3.8, 4) is 0 Å². The highest BCUT2D eigenvalue weighted by molar-refractivity contribution is 14.0. The molecule has 0 spiro atoms. The molecule has 1 aliphatic rings. The van der Waals surface area contributed by atoms with Crippen molar-refractivity contribution in [1.82, 2.24) is 10.6 Å². The van der Waals surface area contributed by atoms with E-state index in [1.807, 2.05) is 24.9 Å². The van der Waals surface area contributed by atoms with Crippen LogP contribution in [0.5, 0.6) is 0 Å². The van der Waals surface area contributed by atoms with Gasteiger partial charge in [-0.2, -0.15) is 11.8 Å². The summed E-state index contributed by atoms with van der Waals surface area (Å²) in [5, 5.41) is 6.91. The lowest BCUT2D eigenvalue weighted by Crippen LogP contribution is -2.48. The number of rotatable bonds is 10. The Morgan fingerprint density at radius 3 is 2.61 bits per heavy atom. The molecule has 1 aliphatic heterocycles. The zero-order chi connectivity index (χ0) is 19.4. The Labute approximate surface area is 191 Å². The van der Waals surface area contributed by atoms with Crippen LogP contribution in [0.1, 0.15) is 44.8 Å². The molecule has 0 aliphatic carbocycles. The highest BCUT2D eigenvalue weighted by Gasteiger charge is 2.32. The molecular formula is C21H36IN3O2S. The summed E-state index contributed by atoms with van der Waals surface area (Å²) in [5.74, 6) is 2.00. The number of nitrogens with one attached hydrogen (secondary N) is 2. The van der Waals surface area contributed by atoms with Crippen LogP contribution in [0.15, 0.2) is 35.3 Å². The minimum Gasteiger partial charge on any atom is -0.381 e. The van der Waals surface area contributed by atoms with Gasteiger partial charge in [0, 0.05) is 44.7 Å². The number of ether oxygens (including phenoxy) is 2. The van der Waals surface area contributed by atoms with Gasteiger partial charge in [0.05, 0.1) is 6.10 Å². The van der Waals surface area contributed by atoms with Gasteiger partial charge in [0.1, 0.15) is 0 Å². The fourth-order valence-corrected chi connectivity index (χ4v) is 4.49. The van der Waals surface area contributed by atoms with Gasteiger partial charge in [-0.3, -0.25) is 4.99 Å². The molecule has 5 nitrogen and oxygen atoms in total. The summed E-state index contributed by atoms with van der Waals surface area (Å²) in [6, 6.07) is 10.3. The van der Waals surface area contributed by atoms with Crippen LogP contribution in [0.2, 0.25) is 0 Å². The van der Waals surface area contributed by atoms with Crippen molar-refractivity contribution < 1.29 is 9.47 Å². The Morgan fingerprint density at radius 2 is 1.96 bits per heavy atom. The lowest BCUT2D eigenvalue weighted by molar-refractivity contribution is 0.0646. The topological polar surface area (TPSA) is 54.9 Å². The van der Waals surface area contributed by atoms with E-state index >= 15 is 0 Å². The molecule has 1 unspecified atom stereocenters. The number of thioether (sulfide) groups is 1. The van der Waals surface area contributed by atoms with Gasteiger partial charge in [-0.15, -0.1) is 24.0 Å². The standard InChI is InChI=1S/C21H35N3O2S.HI/c1-4-27-21(11-15-25-16-12-21)17-24-20(22-3)23-13-8-14-26-18(2)19-9-6-5-7-10-19;/h5-7,9-10,18H,4,8,11-17H2,1-3H3,(H2,22,23,24);1H. The molecule has 160 valence electrons. The van der Waals surface area contributed by atoms with Crippen molar-refractivity contribution in [3.63, 3.8) is 0 Å². The molecular weight excluding hydrogens is 485 g/mol. The average molecular weight is 522 g/mol. The van der Waals surface area contributed by atoms with Crippen LogP contribution in [0.3, 0.4) is 0 Å². The largest absolute Gasteiger partial charge is 0.381 e. The summed E-state index contributed by atoms with van der Waals surface area (Å²) < 4.78 is 11.7. The number of nitrogens with zero attached hydrogens (tertiary/aromatic N) is 1. The van der Waals surface area contributed by atoms with Crippen molar-refractivity contribution >= 4 is 41.7 Å². The Hall–Kier alpha value is -0.510. The Bertz CT molecular complexity index is 548. The van der Waals surface area contributed by atoms with Crippen molar-refractivity contribution in [1.29, 1.82) is 0 Å². The van der Waals surface area contributed by atoms with Crippen LogP contribution >= 0.6 is 35.7 Å². The van der Waals surface area contributed by atoms with E-state index in [-0.39, 0.29) is 34.8 Å². The first kappa shape index (κ1) is 25.5. The van der Waals surface area contributed by atoms with Crippen LogP contribution in [-0.2, 0) is 9.47 Å². The maximum Gasteiger partial charge on any atom is 0.191 e. The summed E-state index contributed by atoms with van der Waals surface area (Å²) in [6.07, 6.45) is 3.27. The van der Waals surface area contributed by atoms with Gasteiger partial charge in [0.25, 0.3) is 0 Å². The number of halogens is 1. The predicted molar refractivity (Wildman–Crippen MR) is 131 cm³/mol. The van der Waals surface area contributed by atoms with Crippen LogP contribution in [0.25, 0.3) is 0 Å². The molecule has 28 heavy (non-hydrogen) atoms. The van der Waals surface area contributed by atoms with Crippen LogP contribution < -0.4 is 10.6 Å². The van der Waals surface area contributed by atoms with Crippen molar-refractivity contribution in [2.45, 2.75) is 44.0 Å². The molecule has 0 bridgehead atoms. The van der Waals surface area contributed by atoms with E-state index in [0.29, 0.717) is 0 Å². The number of aliphatic imine (C=N–C) groups is 1. The average Bonchev–Trinajstić information content (AvgIpc) is 2.71. The van der Waals surface area contributed by atoms with E-state index in [2.05, 4.69) is 53.7 Å². The van der Waals surface area contributed by atoms with E-state index in [0.717, 1.165) is 63.9 Å². The third-order valence-corrected chi connectivity index (χ3v) is 6.36. The molecule has 1 saturated heterocycles. The molecule has 1 aromatic carbocycles. The molecule has 7 heteroatoms. The van der Waals surface area contributed by atoms with E-state index in [1.54, 1.807) is 0 Å². The lowest BCUT2D eigenvalue weighted by atomic mass is 9.99. The fourth-order valence-electron chi connectivity index (χ4n) is 3.25. The molecule has 1 aromatic rings. The molecule has 0 radical (unpaired) electrons. The van der Waals surface area contributed by atoms with Crippen molar-refractivity contribution in [2.75, 3.05) is 45.7 Å². The van der Waals surface area contributed by atoms with Crippen molar-refractivity contribution in [2.24, 2.45) is 4.99 Å². The molecule has 0 aromatic heterocycles. The second-order valence-corrected chi connectivity index (χ2v) is 8.59. The zero-order valence-corrected chi connectivity index (χ0v) is 20.6. The van der Waals surface area contributed by atoms with Crippen LogP contribution in [0.4, 0.5) is 0 Å². The highest BCUT2D eigenvalue weighted by atomic mass is 127. The van der Waals surface area contributed by atoms with E-state index in [9.17, 15) is 0 Å². The first-order valence-electron chi connectivity index (χ1n) is 10.0. The van der Waals surface area contributed by atoms with E-state index in [4.69, 9.17) is 9.47 Å². The third kappa shape index (κ3) is 8.88. The van der Waals surface area contributed by atoms with Gasteiger partial charge in [-0.1, -0.05) is 37.3 Å². The zero-order valence-electron chi connectivity index (χ0n) is 17.4. The fraction of sp³-hybridized carbons (Fsp3) is 0.667. The molecule has 1 fully saturated rings.